The number of hydrogen-bond acceptors (Lipinski definition) is 4. The number of H-pyrrole nitrogens is 1. The molecule has 1 fully saturated rings. The number of nitrogens with zero attached hydrogens (tertiary/aromatic N) is 2. The second-order valence-corrected chi connectivity index (χ2v) is 4.83. The number of aliphatic hydroxyl groups is 1. The summed E-state index contributed by atoms with van der Waals surface area (Å²) in [6.45, 7) is 3.80. The van der Waals surface area contributed by atoms with Crippen LogP contribution in [0.4, 0.5) is 0 Å². The van der Waals surface area contributed by atoms with E-state index in [1.807, 2.05) is 13.8 Å². The van der Waals surface area contributed by atoms with Gasteiger partial charge in [-0.3, -0.25) is 9.89 Å². The van der Waals surface area contributed by atoms with Crippen molar-refractivity contribution in [3.63, 3.8) is 0 Å². The molecule has 1 amide bonds. The molecule has 0 saturated heterocycles. The first-order chi connectivity index (χ1) is 8.11. The molecule has 1 saturated carbocycles. The fourth-order valence-corrected chi connectivity index (χ4v) is 1.57. The summed E-state index contributed by atoms with van der Waals surface area (Å²) in [5, 5.41) is 18.5. The monoisotopic (exact) mass is 238 g/mol. The Morgan fingerprint density at radius 1 is 1.59 bits per heavy atom. The summed E-state index contributed by atoms with van der Waals surface area (Å²) in [6, 6.07) is -0.259. The van der Waals surface area contributed by atoms with Crippen LogP contribution in [0.3, 0.4) is 0 Å². The summed E-state index contributed by atoms with van der Waals surface area (Å²) in [5.74, 6) is 1.24. The number of aromatic amines is 1. The second-order valence-electron chi connectivity index (χ2n) is 4.83. The van der Waals surface area contributed by atoms with Crippen molar-refractivity contribution >= 4 is 5.91 Å². The van der Waals surface area contributed by atoms with Crippen LogP contribution in [0, 0.1) is 5.92 Å². The minimum atomic E-state index is -0.332. The fourth-order valence-electron chi connectivity index (χ4n) is 1.57. The van der Waals surface area contributed by atoms with Gasteiger partial charge in [0.1, 0.15) is 5.82 Å². The SMILES string of the molecule is CC(C)C(CO)NC(=O)c1n[nH]c(C2CC2)n1. The Bertz CT molecular complexity index is 398. The fraction of sp³-hybridized carbons (Fsp3) is 0.727. The van der Waals surface area contributed by atoms with Crippen LogP contribution in [0.1, 0.15) is 49.1 Å². The van der Waals surface area contributed by atoms with E-state index in [0.29, 0.717) is 5.92 Å². The van der Waals surface area contributed by atoms with Gasteiger partial charge >= 0.3 is 0 Å². The molecule has 0 radical (unpaired) electrons. The Morgan fingerprint density at radius 2 is 2.29 bits per heavy atom. The van der Waals surface area contributed by atoms with Crippen molar-refractivity contribution in [3.8, 4) is 0 Å². The van der Waals surface area contributed by atoms with Crippen molar-refractivity contribution in [2.45, 2.75) is 38.6 Å². The Labute approximate surface area is 99.8 Å². The zero-order chi connectivity index (χ0) is 12.4. The predicted octanol–water partition coefficient (Wildman–Crippen LogP) is 0.429. The van der Waals surface area contributed by atoms with Gasteiger partial charge in [0.05, 0.1) is 12.6 Å². The summed E-state index contributed by atoms with van der Waals surface area (Å²) in [5.41, 5.74) is 0. The number of aliphatic hydroxyl groups excluding tert-OH is 1. The van der Waals surface area contributed by atoms with Gasteiger partial charge in [-0.15, -0.1) is 5.10 Å². The van der Waals surface area contributed by atoms with E-state index in [-0.39, 0.29) is 30.3 Å². The van der Waals surface area contributed by atoms with Crippen molar-refractivity contribution in [1.29, 1.82) is 0 Å². The van der Waals surface area contributed by atoms with E-state index in [4.69, 9.17) is 5.11 Å². The quantitative estimate of drug-likeness (QED) is 0.693. The molecule has 2 rings (SSSR count). The summed E-state index contributed by atoms with van der Waals surface area (Å²) in [7, 11) is 0. The summed E-state index contributed by atoms with van der Waals surface area (Å²) in [6.07, 6.45) is 2.23. The first-order valence-corrected chi connectivity index (χ1v) is 5.95. The van der Waals surface area contributed by atoms with Crippen LogP contribution in [0.5, 0.6) is 0 Å². The lowest BCUT2D eigenvalue weighted by molar-refractivity contribution is 0.0886. The summed E-state index contributed by atoms with van der Waals surface area (Å²) >= 11 is 0. The van der Waals surface area contributed by atoms with Crippen molar-refractivity contribution in [1.82, 2.24) is 20.5 Å². The lowest BCUT2D eigenvalue weighted by Crippen LogP contribution is -2.41. The number of carbonyl (C=O) groups is 1. The molecule has 6 heteroatoms. The van der Waals surface area contributed by atoms with Gasteiger partial charge in [0.2, 0.25) is 5.82 Å². The zero-order valence-corrected chi connectivity index (χ0v) is 10.1. The van der Waals surface area contributed by atoms with Crippen molar-refractivity contribution in [2.24, 2.45) is 5.92 Å². The number of rotatable bonds is 5. The Morgan fingerprint density at radius 3 is 2.82 bits per heavy atom. The van der Waals surface area contributed by atoms with Crippen LogP contribution in [-0.4, -0.2) is 38.8 Å². The molecule has 0 aliphatic heterocycles. The van der Waals surface area contributed by atoms with Crippen LogP contribution in [0.15, 0.2) is 0 Å². The lowest BCUT2D eigenvalue weighted by atomic mass is 10.1. The van der Waals surface area contributed by atoms with Gasteiger partial charge in [0.25, 0.3) is 5.91 Å². The van der Waals surface area contributed by atoms with Gasteiger partial charge in [-0.1, -0.05) is 13.8 Å². The molecule has 1 unspecified atom stereocenters. The van der Waals surface area contributed by atoms with Crippen LogP contribution >= 0.6 is 0 Å². The topological polar surface area (TPSA) is 90.9 Å². The van der Waals surface area contributed by atoms with E-state index < -0.39 is 0 Å². The maximum Gasteiger partial charge on any atom is 0.291 e. The van der Waals surface area contributed by atoms with Gasteiger partial charge in [-0.25, -0.2) is 4.98 Å². The molecule has 3 N–H and O–H groups in total. The predicted molar refractivity (Wildman–Crippen MR) is 61.5 cm³/mol. The zero-order valence-electron chi connectivity index (χ0n) is 10.1. The van der Waals surface area contributed by atoms with Crippen molar-refractivity contribution < 1.29 is 9.90 Å². The molecule has 1 heterocycles. The number of nitrogens with one attached hydrogen (secondary N) is 2. The second kappa shape index (κ2) is 4.83. The molecule has 1 aromatic heterocycles. The van der Waals surface area contributed by atoms with E-state index in [0.717, 1.165) is 18.7 Å². The third kappa shape index (κ3) is 2.82. The van der Waals surface area contributed by atoms with Crippen LogP contribution in [-0.2, 0) is 0 Å². The number of aromatic nitrogens is 3. The average Bonchev–Trinajstić information content (AvgIpc) is 3.03. The van der Waals surface area contributed by atoms with E-state index in [9.17, 15) is 4.79 Å². The molecule has 17 heavy (non-hydrogen) atoms. The maximum absolute atomic E-state index is 11.8. The molecule has 1 aliphatic rings. The van der Waals surface area contributed by atoms with E-state index in [1.54, 1.807) is 0 Å². The van der Waals surface area contributed by atoms with Gasteiger partial charge < -0.3 is 10.4 Å². The standard InChI is InChI=1S/C11H18N4O2/c1-6(2)8(5-16)12-11(17)10-13-9(14-15-10)7-3-4-7/h6-8,16H,3-5H2,1-2H3,(H,12,17)(H,13,14,15). The number of hydrogen-bond donors (Lipinski definition) is 3. The average molecular weight is 238 g/mol. The third-order valence-corrected chi connectivity index (χ3v) is 2.99. The van der Waals surface area contributed by atoms with Crippen LogP contribution in [0.2, 0.25) is 0 Å². The molecule has 0 aromatic carbocycles. The minimum absolute atomic E-state index is 0.0800. The Kier molecular flexibility index (Phi) is 3.42. The molecular weight excluding hydrogens is 220 g/mol. The number of carbonyl (C=O) groups excluding carboxylic acids is 1. The van der Waals surface area contributed by atoms with E-state index in [2.05, 4.69) is 20.5 Å². The highest BCUT2D eigenvalue weighted by molar-refractivity contribution is 5.90. The molecule has 0 bridgehead atoms. The maximum atomic E-state index is 11.8. The highest BCUT2D eigenvalue weighted by Crippen LogP contribution is 2.37. The Balaban J connectivity index is 1.98. The van der Waals surface area contributed by atoms with Gasteiger partial charge in [0.15, 0.2) is 0 Å². The molecule has 94 valence electrons. The van der Waals surface area contributed by atoms with Crippen LogP contribution < -0.4 is 5.32 Å². The van der Waals surface area contributed by atoms with Gasteiger partial charge in [0, 0.05) is 5.92 Å². The summed E-state index contributed by atoms with van der Waals surface area (Å²) in [4.78, 5) is 16.0. The normalized spacial score (nSPS) is 17.2. The lowest BCUT2D eigenvalue weighted by Gasteiger charge is -2.18. The highest BCUT2D eigenvalue weighted by Gasteiger charge is 2.28. The first kappa shape index (κ1) is 12.0. The van der Waals surface area contributed by atoms with E-state index in [1.165, 1.54) is 0 Å². The van der Waals surface area contributed by atoms with Crippen molar-refractivity contribution in [3.05, 3.63) is 11.6 Å². The van der Waals surface area contributed by atoms with Crippen LogP contribution in [0.25, 0.3) is 0 Å². The minimum Gasteiger partial charge on any atom is -0.394 e. The van der Waals surface area contributed by atoms with Gasteiger partial charge in [-0.2, -0.15) is 0 Å². The van der Waals surface area contributed by atoms with E-state index >= 15 is 0 Å². The first-order valence-electron chi connectivity index (χ1n) is 5.95. The highest BCUT2D eigenvalue weighted by atomic mass is 16.3. The molecule has 0 spiro atoms. The molecule has 1 aromatic rings. The molecule has 1 aliphatic carbocycles. The molecule has 1 atom stereocenters. The van der Waals surface area contributed by atoms with Crippen molar-refractivity contribution in [2.75, 3.05) is 6.61 Å². The largest absolute Gasteiger partial charge is 0.394 e. The molecule has 6 nitrogen and oxygen atoms in total. The van der Waals surface area contributed by atoms with Gasteiger partial charge in [-0.05, 0) is 18.8 Å². The molecular formula is C11H18N4O2. The third-order valence-electron chi connectivity index (χ3n) is 2.99. The smallest absolute Gasteiger partial charge is 0.291 e. The number of amides is 1. The summed E-state index contributed by atoms with van der Waals surface area (Å²) < 4.78 is 0. The Hall–Kier alpha value is -1.43.